The number of carbonyl (C=O) groups excluding carboxylic acids is 1. The summed E-state index contributed by atoms with van der Waals surface area (Å²) in [5, 5.41) is 9.65. The van der Waals surface area contributed by atoms with Crippen molar-refractivity contribution < 1.29 is 24.1 Å². The Kier molecular flexibility index (Phi) is 9.71. The molecule has 0 aromatic rings. The van der Waals surface area contributed by atoms with E-state index in [4.69, 9.17) is 14.2 Å². The van der Waals surface area contributed by atoms with Crippen LogP contribution < -0.4 is 0 Å². The van der Waals surface area contributed by atoms with Gasteiger partial charge in [0.1, 0.15) is 0 Å². The second-order valence-corrected chi connectivity index (χ2v) is 8.40. The summed E-state index contributed by atoms with van der Waals surface area (Å²) in [5.74, 6) is -0.0742. The molecule has 1 heterocycles. The molecular weight excluding hydrogens is 428 g/mol. The molecule has 5 nitrogen and oxygen atoms in total. The van der Waals surface area contributed by atoms with Crippen LogP contribution in [0.25, 0.3) is 0 Å². The van der Waals surface area contributed by atoms with Gasteiger partial charge in [-0.3, -0.25) is 4.79 Å². The Morgan fingerprint density at radius 2 is 1.93 bits per heavy atom. The Labute approximate surface area is 195 Å². The highest BCUT2D eigenvalue weighted by Gasteiger charge is 2.51. The molecule has 1 spiro atoms. The van der Waals surface area contributed by atoms with Crippen LogP contribution in [0.2, 0.25) is 0 Å². The number of rotatable bonds is 3. The SMILES string of the molecule is COC(=O)[C@@]1(C)CC=C2C3=C(CC[C@H]2[C@@H]1CCO)CC1(CC3)OCCO1.S.S.S. The van der Waals surface area contributed by atoms with Gasteiger partial charge in [-0.15, -0.1) is 0 Å². The van der Waals surface area contributed by atoms with Crippen LogP contribution in [0.3, 0.4) is 0 Å². The first kappa shape index (κ1) is 26.9. The monoisotopic (exact) mass is 464 g/mol. The molecule has 4 aliphatic rings. The summed E-state index contributed by atoms with van der Waals surface area (Å²) in [6, 6.07) is 0. The normalized spacial score (nSPS) is 32.0. The third-order valence-corrected chi connectivity index (χ3v) is 7.13. The zero-order valence-electron chi connectivity index (χ0n) is 17.4. The van der Waals surface area contributed by atoms with E-state index in [1.807, 2.05) is 6.92 Å². The minimum Gasteiger partial charge on any atom is -0.469 e. The number of esters is 1. The average Bonchev–Trinajstić information content (AvgIpc) is 3.10. The molecule has 1 aliphatic heterocycles. The first-order chi connectivity index (χ1) is 12.5. The first-order valence-corrected chi connectivity index (χ1v) is 9.91. The predicted molar refractivity (Wildman–Crippen MR) is 127 cm³/mol. The summed E-state index contributed by atoms with van der Waals surface area (Å²) in [6.07, 6.45) is 8.44. The summed E-state index contributed by atoms with van der Waals surface area (Å²) < 4.78 is 17.0. The van der Waals surface area contributed by atoms with Crippen molar-refractivity contribution in [1.82, 2.24) is 0 Å². The predicted octanol–water partition coefficient (Wildman–Crippen LogP) is 3.47. The van der Waals surface area contributed by atoms with Gasteiger partial charge in [0.05, 0.1) is 25.7 Å². The smallest absolute Gasteiger partial charge is 0.312 e. The van der Waals surface area contributed by atoms with Gasteiger partial charge in [0.15, 0.2) is 5.79 Å². The molecule has 8 heteroatoms. The highest BCUT2D eigenvalue weighted by atomic mass is 32.1. The van der Waals surface area contributed by atoms with Gasteiger partial charge >= 0.3 is 5.97 Å². The maximum absolute atomic E-state index is 12.5. The average molecular weight is 465 g/mol. The number of allylic oxidation sites excluding steroid dienone is 3. The molecule has 29 heavy (non-hydrogen) atoms. The highest BCUT2D eigenvalue weighted by molar-refractivity contribution is 7.59. The zero-order valence-corrected chi connectivity index (χ0v) is 20.4. The van der Waals surface area contributed by atoms with Gasteiger partial charge < -0.3 is 19.3 Å². The minimum absolute atomic E-state index is 0. The van der Waals surface area contributed by atoms with Crippen LogP contribution in [0, 0.1) is 17.3 Å². The van der Waals surface area contributed by atoms with Gasteiger partial charge in [-0.25, -0.2) is 0 Å². The molecular formula is C21H36O5S3. The van der Waals surface area contributed by atoms with Crippen molar-refractivity contribution in [3.63, 3.8) is 0 Å². The molecule has 0 radical (unpaired) electrons. The van der Waals surface area contributed by atoms with E-state index in [1.54, 1.807) is 0 Å². The van der Waals surface area contributed by atoms with E-state index < -0.39 is 5.41 Å². The fraction of sp³-hybridized carbons (Fsp3) is 0.762. The van der Waals surface area contributed by atoms with Gasteiger partial charge in [-0.1, -0.05) is 11.6 Å². The zero-order chi connectivity index (χ0) is 18.4. The lowest BCUT2D eigenvalue weighted by molar-refractivity contribution is -0.164. The summed E-state index contributed by atoms with van der Waals surface area (Å²) in [7, 11) is 1.46. The van der Waals surface area contributed by atoms with Crippen molar-refractivity contribution in [1.29, 1.82) is 0 Å². The quantitative estimate of drug-likeness (QED) is 0.648. The molecule has 1 N–H and O–H groups in total. The summed E-state index contributed by atoms with van der Waals surface area (Å²) in [6.45, 7) is 3.51. The molecule has 168 valence electrons. The number of hydrogen-bond donors (Lipinski definition) is 1. The molecule has 1 saturated heterocycles. The molecule has 0 bridgehead atoms. The lowest BCUT2D eigenvalue weighted by atomic mass is 9.57. The van der Waals surface area contributed by atoms with Crippen molar-refractivity contribution in [2.45, 2.75) is 57.7 Å². The van der Waals surface area contributed by atoms with Crippen molar-refractivity contribution >= 4 is 46.5 Å². The van der Waals surface area contributed by atoms with Crippen molar-refractivity contribution in [3.05, 3.63) is 22.8 Å². The second-order valence-electron chi connectivity index (χ2n) is 8.40. The van der Waals surface area contributed by atoms with Crippen LogP contribution >= 0.6 is 40.5 Å². The summed E-state index contributed by atoms with van der Waals surface area (Å²) in [4.78, 5) is 12.5. The van der Waals surface area contributed by atoms with Crippen LogP contribution in [0.15, 0.2) is 22.8 Å². The van der Waals surface area contributed by atoms with E-state index in [-0.39, 0.29) is 64.8 Å². The molecule has 0 amide bonds. The van der Waals surface area contributed by atoms with Gasteiger partial charge in [0.25, 0.3) is 0 Å². The van der Waals surface area contributed by atoms with Crippen molar-refractivity contribution in [2.75, 3.05) is 26.9 Å². The second kappa shape index (κ2) is 10.5. The maximum Gasteiger partial charge on any atom is 0.312 e. The van der Waals surface area contributed by atoms with Crippen LogP contribution in [0.4, 0.5) is 0 Å². The largest absolute Gasteiger partial charge is 0.469 e. The summed E-state index contributed by atoms with van der Waals surface area (Å²) >= 11 is 0. The Morgan fingerprint density at radius 3 is 2.55 bits per heavy atom. The van der Waals surface area contributed by atoms with Crippen LogP contribution in [-0.2, 0) is 19.0 Å². The number of aliphatic hydroxyl groups is 1. The minimum atomic E-state index is -0.544. The van der Waals surface area contributed by atoms with E-state index in [0.29, 0.717) is 32.0 Å². The van der Waals surface area contributed by atoms with Crippen LogP contribution in [0.5, 0.6) is 0 Å². The molecule has 3 atom stereocenters. The number of methoxy groups -OCH3 is 1. The third-order valence-electron chi connectivity index (χ3n) is 7.13. The Bertz CT molecular complexity index is 657. The van der Waals surface area contributed by atoms with Gasteiger partial charge in [-0.2, -0.15) is 40.5 Å². The molecule has 0 saturated carbocycles. The van der Waals surface area contributed by atoms with E-state index in [0.717, 1.165) is 32.1 Å². The van der Waals surface area contributed by atoms with Gasteiger partial charge in [0.2, 0.25) is 0 Å². The molecule has 0 aromatic heterocycles. The van der Waals surface area contributed by atoms with Crippen LogP contribution in [0.1, 0.15) is 51.9 Å². The molecule has 0 aromatic carbocycles. The fourth-order valence-electron chi connectivity index (χ4n) is 5.79. The number of hydrogen-bond acceptors (Lipinski definition) is 5. The van der Waals surface area contributed by atoms with Gasteiger partial charge in [-0.05, 0) is 62.0 Å². The lowest BCUT2D eigenvalue weighted by Crippen LogP contribution is -2.45. The fourth-order valence-corrected chi connectivity index (χ4v) is 5.79. The number of carbonyl (C=O) groups is 1. The molecule has 3 aliphatic carbocycles. The van der Waals surface area contributed by atoms with Gasteiger partial charge in [0, 0.05) is 19.4 Å². The molecule has 0 unspecified atom stereocenters. The Balaban J connectivity index is 0.00000140. The topological polar surface area (TPSA) is 65.0 Å². The first-order valence-electron chi connectivity index (χ1n) is 9.91. The Morgan fingerprint density at radius 1 is 1.24 bits per heavy atom. The van der Waals surface area contributed by atoms with E-state index in [2.05, 4.69) is 6.08 Å². The summed E-state index contributed by atoms with van der Waals surface area (Å²) in [5.41, 5.74) is 3.82. The van der Waals surface area contributed by atoms with Crippen molar-refractivity contribution in [3.8, 4) is 0 Å². The number of fused-ring (bicyclic) bond motifs is 2. The van der Waals surface area contributed by atoms with Crippen molar-refractivity contribution in [2.24, 2.45) is 17.3 Å². The van der Waals surface area contributed by atoms with Crippen LogP contribution in [-0.4, -0.2) is 43.8 Å². The Hall–Kier alpha value is -0.120. The number of ether oxygens (including phenoxy) is 3. The lowest BCUT2D eigenvalue weighted by Gasteiger charge is -2.48. The third kappa shape index (κ3) is 4.58. The van der Waals surface area contributed by atoms with E-state index >= 15 is 0 Å². The van der Waals surface area contributed by atoms with E-state index in [9.17, 15) is 9.90 Å². The maximum atomic E-state index is 12.5. The molecule has 4 rings (SSSR count). The van der Waals surface area contributed by atoms with E-state index in [1.165, 1.54) is 23.8 Å². The number of aliphatic hydroxyl groups excluding tert-OH is 1. The highest BCUT2D eigenvalue weighted by Crippen LogP contribution is 2.55. The standard InChI is InChI=1S/C21H30O5.3H2S/c1-20(19(23)24-2)8-5-16-15-6-9-21(25-11-12-26-21)13-14(15)3-4-17(16)18(20)7-10-22;;;/h5,17-18,22H,3-4,6-13H2,1-2H3;3*1H2/t17-,18+,20+;;;/m1.../s1. The molecule has 1 fully saturated rings.